The number of rotatable bonds is 3. The van der Waals surface area contributed by atoms with E-state index in [-0.39, 0.29) is 0 Å². The second kappa shape index (κ2) is 5.05. The zero-order valence-electron chi connectivity index (χ0n) is 12.0. The van der Waals surface area contributed by atoms with Crippen molar-refractivity contribution in [3.05, 3.63) is 59.7 Å². The van der Waals surface area contributed by atoms with Crippen molar-refractivity contribution < 1.29 is 9.59 Å². The summed E-state index contributed by atoms with van der Waals surface area (Å²) in [6, 6.07) is 15.7. The van der Waals surface area contributed by atoms with Crippen LogP contribution in [0.1, 0.15) is 15.9 Å². The number of Topliss-reactive ketones (excluding diaryl/α,β-unsaturated/α-hetero) is 1. The van der Waals surface area contributed by atoms with E-state index in [4.69, 9.17) is 0 Å². The minimum atomic E-state index is -0.465. The van der Waals surface area contributed by atoms with E-state index >= 15 is 0 Å². The van der Waals surface area contributed by atoms with Crippen LogP contribution in [0.3, 0.4) is 0 Å². The molecule has 1 aliphatic rings. The Morgan fingerprint density at radius 3 is 2.48 bits per heavy atom. The molecule has 0 aromatic heterocycles. The Balaban J connectivity index is 1.88. The molecule has 0 fully saturated rings. The van der Waals surface area contributed by atoms with E-state index in [1.807, 2.05) is 37.4 Å². The third kappa shape index (κ3) is 2.29. The Morgan fingerprint density at radius 2 is 1.76 bits per heavy atom. The van der Waals surface area contributed by atoms with Crippen LogP contribution >= 0.6 is 0 Å². The number of anilines is 2. The highest BCUT2D eigenvalue weighted by atomic mass is 16.2. The highest BCUT2D eigenvalue weighted by Gasteiger charge is 2.33. The summed E-state index contributed by atoms with van der Waals surface area (Å²) in [6.07, 6.45) is 0. The highest BCUT2D eigenvalue weighted by Crippen LogP contribution is 2.31. The molecule has 106 valence electrons. The molecule has 0 saturated heterocycles. The maximum absolute atomic E-state index is 11.8. The van der Waals surface area contributed by atoms with E-state index in [1.54, 1.807) is 13.1 Å². The average molecular weight is 280 g/mol. The van der Waals surface area contributed by atoms with Crippen LogP contribution in [0.15, 0.2) is 48.5 Å². The SMILES string of the molecule is CN(Cc1ccccc1)c1ccc2c(c1)N(C)C(=O)C2=O. The van der Waals surface area contributed by atoms with Gasteiger partial charge in [-0.05, 0) is 23.8 Å². The van der Waals surface area contributed by atoms with Gasteiger partial charge < -0.3 is 9.80 Å². The second-order valence-corrected chi connectivity index (χ2v) is 5.24. The number of carbonyl (C=O) groups excluding carboxylic acids is 2. The lowest BCUT2D eigenvalue weighted by molar-refractivity contribution is -0.114. The summed E-state index contributed by atoms with van der Waals surface area (Å²) in [5.74, 6) is -0.891. The summed E-state index contributed by atoms with van der Waals surface area (Å²) < 4.78 is 0. The molecule has 0 unspecified atom stereocenters. The third-order valence-electron chi connectivity index (χ3n) is 3.79. The van der Waals surface area contributed by atoms with Crippen molar-refractivity contribution in [2.75, 3.05) is 23.9 Å². The number of carbonyl (C=O) groups is 2. The average Bonchev–Trinajstić information content (AvgIpc) is 2.73. The molecule has 1 heterocycles. The van der Waals surface area contributed by atoms with Crippen LogP contribution in [0.4, 0.5) is 11.4 Å². The van der Waals surface area contributed by atoms with Crippen LogP contribution in [0.5, 0.6) is 0 Å². The van der Waals surface area contributed by atoms with Crippen LogP contribution in [-0.2, 0) is 11.3 Å². The van der Waals surface area contributed by atoms with Gasteiger partial charge in [0.25, 0.3) is 11.7 Å². The number of hydrogen-bond donors (Lipinski definition) is 0. The summed E-state index contributed by atoms with van der Waals surface area (Å²) in [5, 5.41) is 0. The monoisotopic (exact) mass is 280 g/mol. The lowest BCUT2D eigenvalue weighted by Crippen LogP contribution is -2.24. The van der Waals surface area contributed by atoms with Gasteiger partial charge in [-0.15, -0.1) is 0 Å². The van der Waals surface area contributed by atoms with E-state index in [0.717, 1.165) is 12.2 Å². The first-order chi connectivity index (χ1) is 10.1. The number of nitrogens with zero attached hydrogens (tertiary/aromatic N) is 2. The molecule has 0 saturated carbocycles. The molecule has 4 heteroatoms. The zero-order valence-corrected chi connectivity index (χ0v) is 12.0. The van der Waals surface area contributed by atoms with Crippen molar-refractivity contribution >= 4 is 23.1 Å². The maximum Gasteiger partial charge on any atom is 0.299 e. The molecule has 0 spiro atoms. The summed E-state index contributed by atoms with van der Waals surface area (Å²) in [7, 11) is 3.63. The van der Waals surface area contributed by atoms with Crippen LogP contribution in [0.2, 0.25) is 0 Å². The first-order valence-corrected chi connectivity index (χ1v) is 6.79. The number of ketones is 1. The predicted octanol–water partition coefficient (Wildman–Crippen LogP) is 2.48. The zero-order chi connectivity index (χ0) is 15.0. The molecule has 0 atom stereocenters. The molecule has 4 nitrogen and oxygen atoms in total. The molecule has 0 N–H and O–H groups in total. The lowest BCUT2D eigenvalue weighted by Gasteiger charge is -2.21. The molecule has 21 heavy (non-hydrogen) atoms. The fraction of sp³-hybridized carbons (Fsp3) is 0.176. The van der Waals surface area contributed by atoms with Crippen molar-refractivity contribution in [3.63, 3.8) is 0 Å². The Bertz CT molecular complexity index is 710. The van der Waals surface area contributed by atoms with Gasteiger partial charge in [0.2, 0.25) is 0 Å². The van der Waals surface area contributed by atoms with Crippen LogP contribution < -0.4 is 9.80 Å². The quantitative estimate of drug-likeness (QED) is 0.811. The van der Waals surface area contributed by atoms with Crippen LogP contribution in [-0.4, -0.2) is 25.8 Å². The molecule has 0 bridgehead atoms. The number of likely N-dealkylation sites (N-methyl/N-ethyl adjacent to an activating group) is 1. The normalized spacial score (nSPS) is 13.5. The molecule has 2 aromatic rings. The van der Waals surface area contributed by atoms with Crippen molar-refractivity contribution in [2.24, 2.45) is 0 Å². The van der Waals surface area contributed by atoms with Crippen molar-refractivity contribution in [3.8, 4) is 0 Å². The van der Waals surface area contributed by atoms with E-state index in [2.05, 4.69) is 17.0 Å². The third-order valence-corrected chi connectivity index (χ3v) is 3.79. The number of fused-ring (bicyclic) bond motifs is 1. The summed E-state index contributed by atoms with van der Waals surface area (Å²) in [5.41, 5.74) is 3.36. The molecule has 2 aromatic carbocycles. The van der Waals surface area contributed by atoms with Gasteiger partial charge in [-0.1, -0.05) is 30.3 Å². The topological polar surface area (TPSA) is 40.6 Å². The molecule has 1 aliphatic heterocycles. The van der Waals surface area contributed by atoms with Gasteiger partial charge in [-0.2, -0.15) is 0 Å². The fourth-order valence-corrected chi connectivity index (χ4v) is 2.55. The van der Waals surface area contributed by atoms with Crippen LogP contribution in [0, 0.1) is 0 Å². The van der Waals surface area contributed by atoms with Gasteiger partial charge in [0.1, 0.15) is 0 Å². The van der Waals surface area contributed by atoms with Gasteiger partial charge in [-0.3, -0.25) is 9.59 Å². The molecule has 0 aliphatic carbocycles. The van der Waals surface area contributed by atoms with Crippen molar-refractivity contribution in [1.29, 1.82) is 0 Å². The summed E-state index contributed by atoms with van der Waals surface area (Å²) in [6.45, 7) is 0.769. The number of benzene rings is 2. The molecular formula is C17H16N2O2. The van der Waals surface area contributed by atoms with Crippen molar-refractivity contribution in [1.82, 2.24) is 0 Å². The number of amides is 1. The minimum absolute atomic E-state index is 0.426. The van der Waals surface area contributed by atoms with E-state index in [0.29, 0.717) is 11.3 Å². The molecular weight excluding hydrogens is 264 g/mol. The van der Waals surface area contributed by atoms with Gasteiger partial charge >= 0.3 is 0 Å². The lowest BCUT2D eigenvalue weighted by atomic mass is 10.1. The Kier molecular flexibility index (Phi) is 3.22. The van der Waals surface area contributed by atoms with E-state index in [9.17, 15) is 9.59 Å². The summed E-state index contributed by atoms with van der Waals surface area (Å²) >= 11 is 0. The highest BCUT2D eigenvalue weighted by molar-refractivity contribution is 6.52. The fourth-order valence-electron chi connectivity index (χ4n) is 2.55. The van der Waals surface area contributed by atoms with Crippen LogP contribution in [0.25, 0.3) is 0 Å². The largest absolute Gasteiger partial charge is 0.370 e. The van der Waals surface area contributed by atoms with E-state index in [1.165, 1.54) is 10.5 Å². The Hall–Kier alpha value is -2.62. The minimum Gasteiger partial charge on any atom is -0.370 e. The first-order valence-electron chi connectivity index (χ1n) is 6.79. The molecule has 3 rings (SSSR count). The second-order valence-electron chi connectivity index (χ2n) is 5.24. The Labute approximate surface area is 123 Å². The summed E-state index contributed by atoms with van der Waals surface area (Å²) in [4.78, 5) is 27.0. The van der Waals surface area contributed by atoms with Gasteiger partial charge in [-0.25, -0.2) is 0 Å². The van der Waals surface area contributed by atoms with Crippen molar-refractivity contribution in [2.45, 2.75) is 6.54 Å². The standard InChI is InChI=1S/C17H16N2O2/c1-18(11-12-6-4-3-5-7-12)13-8-9-14-15(10-13)19(2)17(21)16(14)20/h3-10H,11H2,1-2H3. The van der Waals surface area contributed by atoms with Gasteiger partial charge in [0.15, 0.2) is 0 Å². The molecule has 1 amide bonds. The van der Waals surface area contributed by atoms with E-state index < -0.39 is 11.7 Å². The maximum atomic E-state index is 11.8. The van der Waals surface area contributed by atoms with Gasteiger partial charge in [0, 0.05) is 26.3 Å². The first kappa shape index (κ1) is 13.4. The predicted molar refractivity (Wildman–Crippen MR) is 82.7 cm³/mol. The number of hydrogen-bond acceptors (Lipinski definition) is 3. The Morgan fingerprint density at radius 1 is 1.05 bits per heavy atom. The van der Waals surface area contributed by atoms with Gasteiger partial charge in [0.05, 0.1) is 11.3 Å². The molecule has 0 radical (unpaired) electrons. The smallest absolute Gasteiger partial charge is 0.299 e.